The maximum absolute atomic E-state index is 10.8. The number of nitrogens with two attached hydrogens (primary N) is 2. The Hall–Kier alpha value is 0.510. The van der Waals surface area contributed by atoms with E-state index in [1.165, 1.54) is 0 Å². The molecule has 62 valence electrons. The standard InChI is InChI=1S/C2H8BrN2O4P/c3-1-2-7-10(6,8-4)9-5/h1-2,4-5H2. The van der Waals surface area contributed by atoms with Crippen LogP contribution in [0.25, 0.3) is 0 Å². The summed E-state index contributed by atoms with van der Waals surface area (Å²) in [6.45, 7) is 0.145. The molecule has 0 saturated heterocycles. The van der Waals surface area contributed by atoms with E-state index in [0.29, 0.717) is 5.33 Å². The van der Waals surface area contributed by atoms with Crippen LogP contribution in [0.3, 0.4) is 0 Å². The molecule has 0 bridgehead atoms. The predicted molar refractivity (Wildman–Crippen MR) is 37.9 cm³/mol. The highest BCUT2D eigenvalue weighted by molar-refractivity contribution is 9.09. The maximum Gasteiger partial charge on any atom is 0.507 e. The van der Waals surface area contributed by atoms with Gasteiger partial charge in [-0.05, 0) is 0 Å². The fourth-order valence-electron chi connectivity index (χ4n) is 0.232. The second-order valence-electron chi connectivity index (χ2n) is 1.18. The van der Waals surface area contributed by atoms with Crippen LogP contribution in [0.4, 0.5) is 0 Å². The normalized spacial score (nSPS) is 11.9. The first-order valence-corrected chi connectivity index (χ1v) is 4.84. The molecular formula is C2H8BrN2O4P. The molecule has 0 spiro atoms. The minimum atomic E-state index is -3.67. The van der Waals surface area contributed by atoms with E-state index in [1.807, 2.05) is 0 Å². The van der Waals surface area contributed by atoms with Crippen LogP contribution in [0.1, 0.15) is 0 Å². The van der Waals surface area contributed by atoms with Crippen LogP contribution in [0.5, 0.6) is 0 Å². The van der Waals surface area contributed by atoms with E-state index >= 15 is 0 Å². The lowest BCUT2D eigenvalue weighted by molar-refractivity contribution is 0.120. The minimum absolute atomic E-state index is 0.145. The van der Waals surface area contributed by atoms with Crippen LogP contribution >= 0.6 is 23.8 Å². The van der Waals surface area contributed by atoms with Gasteiger partial charge in [-0.3, -0.25) is 4.52 Å². The molecule has 0 saturated carbocycles. The lowest BCUT2D eigenvalue weighted by Gasteiger charge is -2.09. The van der Waals surface area contributed by atoms with Gasteiger partial charge in [0.2, 0.25) is 0 Å². The summed E-state index contributed by atoms with van der Waals surface area (Å²) in [6.07, 6.45) is 0. The van der Waals surface area contributed by atoms with Crippen LogP contribution < -0.4 is 11.8 Å². The van der Waals surface area contributed by atoms with Gasteiger partial charge in [0.25, 0.3) is 0 Å². The van der Waals surface area contributed by atoms with Gasteiger partial charge in [0, 0.05) is 5.33 Å². The molecule has 0 fully saturated rings. The Balaban J connectivity index is 3.70. The Kier molecular flexibility index (Phi) is 5.46. The largest absolute Gasteiger partial charge is 0.507 e. The van der Waals surface area contributed by atoms with Crippen molar-refractivity contribution in [1.82, 2.24) is 0 Å². The maximum atomic E-state index is 10.8. The van der Waals surface area contributed by atoms with Gasteiger partial charge >= 0.3 is 7.82 Å². The zero-order valence-corrected chi connectivity index (χ0v) is 7.51. The minimum Gasteiger partial charge on any atom is -0.284 e. The van der Waals surface area contributed by atoms with Gasteiger partial charge in [0.1, 0.15) is 0 Å². The Labute approximate surface area is 66.4 Å². The first-order valence-electron chi connectivity index (χ1n) is 2.26. The molecule has 0 atom stereocenters. The molecule has 0 aliphatic heterocycles. The molecule has 0 aliphatic rings. The smallest absolute Gasteiger partial charge is 0.284 e. The van der Waals surface area contributed by atoms with Crippen LogP contribution in [0, 0.1) is 0 Å². The van der Waals surface area contributed by atoms with E-state index in [-0.39, 0.29) is 6.61 Å². The van der Waals surface area contributed by atoms with Crippen molar-refractivity contribution >= 4 is 23.8 Å². The zero-order valence-electron chi connectivity index (χ0n) is 5.03. The number of alkyl halides is 1. The third-order valence-corrected chi connectivity index (χ3v) is 1.92. The molecule has 0 unspecified atom stereocenters. The first-order chi connectivity index (χ1) is 4.68. The first kappa shape index (κ1) is 10.5. The van der Waals surface area contributed by atoms with Gasteiger partial charge in [0.05, 0.1) is 6.61 Å². The Morgan fingerprint density at radius 3 is 2.20 bits per heavy atom. The van der Waals surface area contributed by atoms with Crippen molar-refractivity contribution in [3.8, 4) is 0 Å². The summed E-state index contributed by atoms with van der Waals surface area (Å²) in [5, 5.41) is 0.490. The fraction of sp³-hybridized carbons (Fsp3) is 1.00. The van der Waals surface area contributed by atoms with Gasteiger partial charge in [-0.15, -0.1) is 0 Å². The Morgan fingerprint density at radius 1 is 1.40 bits per heavy atom. The second-order valence-corrected chi connectivity index (χ2v) is 3.55. The fourth-order valence-corrected chi connectivity index (χ4v) is 1.13. The molecule has 0 rings (SSSR count). The van der Waals surface area contributed by atoms with Crippen molar-refractivity contribution in [2.45, 2.75) is 0 Å². The molecule has 0 aromatic rings. The number of phosphoric acid groups is 1. The van der Waals surface area contributed by atoms with Gasteiger partial charge in [-0.2, -0.15) is 9.25 Å². The summed E-state index contributed by atoms with van der Waals surface area (Å²) in [6, 6.07) is 0. The topological polar surface area (TPSA) is 96.8 Å². The Bertz CT molecular complexity index is 124. The third kappa shape index (κ3) is 3.62. The van der Waals surface area contributed by atoms with E-state index in [4.69, 9.17) is 0 Å². The summed E-state index contributed by atoms with van der Waals surface area (Å²) in [5.74, 6) is 9.10. The molecule has 0 heterocycles. The highest BCUT2D eigenvalue weighted by atomic mass is 79.9. The SMILES string of the molecule is NOP(=O)(ON)OCCBr. The quantitative estimate of drug-likeness (QED) is 0.403. The molecule has 0 amide bonds. The van der Waals surface area contributed by atoms with E-state index in [0.717, 1.165) is 0 Å². The van der Waals surface area contributed by atoms with Crippen molar-refractivity contribution < 1.29 is 18.3 Å². The average molecular weight is 235 g/mol. The lowest BCUT2D eigenvalue weighted by Crippen LogP contribution is -2.08. The molecule has 6 nitrogen and oxygen atoms in total. The van der Waals surface area contributed by atoms with Crippen molar-refractivity contribution in [2.75, 3.05) is 11.9 Å². The van der Waals surface area contributed by atoms with Gasteiger partial charge in [0.15, 0.2) is 0 Å². The van der Waals surface area contributed by atoms with Crippen molar-refractivity contribution in [2.24, 2.45) is 11.8 Å². The molecule has 4 N–H and O–H groups in total. The number of hydrogen-bond acceptors (Lipinski definition) is 6. The summed E-state index contributed by atoms with van der Waals surface area (Å²) >= 11 is 3.02. The molecule has 0 aromatic heterocycles. The highest BCUT2D eigenvalue weighted by Crippen LogP contribution is 2.45. The number of hydrogen-bond donors (Lipinski definition) is 2. The third-order valence-electron chi connectivity index (χ3n) is 0.585. The molecule has 0 radical (unpaired) electrons. The van der Waals surface area contributed by atoms with Crippen molar-refractivity contribution in [3.05, 3.63) is 0 Å². The van der Waals surface area contributed by atoms with Gasteiger partial charge < -0.3 is 0 Å². The molecular weight excluding hydrogens is 227 g/mol. The van der Waals surface area contributed by atoms with Crippen LogP contribution in [0.2, 0.25) is 0 Å². The number of halogens is 1. The zero-order chi connectivity index (χ0) is 8.04. The predicted octanol–water partition coefficient (Wildman–Crippen LogP) is 0.287. The lowest BCUT2D eigenvalue weighted by atomic mass is 10.9. The van der Waals surface area contributed by atoms with E-state index < -0.39 is 7.82 Å². The van der Waals surface area contributed by atoms with Gasteiger partial charge in [-0.1, -0.05) is 15.9 Å². The van der Waals surface area contributed by atoms with E-state index in [2.05, 4.69) is 41.5 Å². The molecule has 10 heavy (non-hydrogen) atoms. The van der Waals surface area contributed by atoms with Crippen molar-refractivity contribution in [3.63, 3.8) is 0 Å². The number of rotatable bonds is 5. The summed E-state index contributed by atoms with van der Waals surface area (Å²) < 4.78 is 23.0. The van der Waals surface area contributed by atoms with E-state index in [9.17, 15) is 4.57 Å². The van der Waals surface area contributed by atoms with Crippen LogP contribution in [-0.2, 0) is 18.3 Å². The summed E-state index contributed by atoms with van der Waals surface area (Å²) in [4.78, 5) is 0. The summed E-state index contributed by atoms with van der Waals surface area (Å²) in [7, 11) is -3.67. The van der Waals surface area contributed by atoms with Crippen LogP contribution in [0.15, 0.2) is 0 Å². The van der Waals surface area contributed by atoms with Crippen molar-refractivity contribution in [1.29, 1.82) is 0 Å². The second kappa shape index (κ2) is 5.20. The Morgan fingerprint density at radius 2 is 1.90 bits per heavy atom. The highest BCUT2D eigenvalue weighted by Gasteiger charge is 2.23. The van der Waals surface area contributed by atoms with E-state index in [1.54, 1.807) is 0 Å². The summed E-state index contributed by atoms with van der Waals surface area (Å²) in [5.41, 5.74) is 0. The van der Waals surface area contributed by atoms with Gasteiger partial charge in [-0.25, -0.2) is 16.4 Å². The molecule has 8 heteroatoms. The molecule has 0 aromatic carbocycles. The molecule has 0 aliphatic carbocycles. The monoisotopic (exact) mass is 234 g/mol. The van der Waals surface area contributed by atoms with Crippen LogP contribution in [-0.4, -0.2) is 11.9 Å². The average Bonchev–Trinajstić information content (AvgIpc) is 2.00.